The lowest BCUT2D eigenvalue weighted by Crippen LogP contribution is -2.21. The van der Waals surface area contributed by atoms with Gasteiger partial charge >= 0.3 is 0 Å². The third-order valence-electron chi connectivity index (χ3n) is 2.73. The van der Waals surface area contributed by atoms with E-state index in [4.69, 9.17) is 4.42 Å². The summed E-state index contributed by atoms with van der Waals surface area (Å²) in [7, 11) is 0. The van der Waals surface area contributed by atoms with Crippen LogP contribution in [0.2, 0.25) is 0 Å². The van der Waals surface area contributed by atoms with Crippen LogP contribution in [0.5, 0.6) is 0 Å². The molecular weight excluding hydrogens is 294 g/mol. The van der Waals surface area contributed by atoms with Gasteiger partial charge in [-0.15, -0.1) is 0 Å². The fraction of sp³-hybridized carbons (Fsp3) is 0.286. The van der Waals surface area contributed by atoms with Gasteiger partial charge in [-0.05, 0) is 36.2 Å². The van der Waals surface area contributed by atoms with Crippen LogP contribution < -0.4 is 5.32 Å². The predicted octanol–water partition coefficient (Wildman–Crippen LogP) is 3.17. The number of furan rings is 1. The van der Waals surface area contributed by atoms with Crippen LogP contribution in [0, 0.1) is 6.92 Å². The Morgan fingerprint density at radius 3 is 2.89 bits per heavy atom. The van der Waals surface area contributed by atoms with Crippen LogP contribution >= 0.6 is 15.9 Å². The number of aliphatic hydroxyl groups is 1. The average Bonchev–Trinajstić information content (AvgIpc) is 2.85. The summed E-state index contributed by atoms with van der Waals surface area (Å²) in [5, 5.41) is 13.0. The molecule has 0 saturated heterocycles. The highest BCUT2D eigenvalue weighted by Gasteiger charge is 2.09. The minimum Gasteiger partial charge on any atom is -0.467 e. The van der Waals surface area contributed by atoms with Crippen molar-refractivity contribution in [3.63, 3.8) is 0 Å². The molecule has 2 rings (SSSR count). The molecule has 3 nitrogen and oxygen atoms in total. The maximum Gasteiger partial charge on any atom is 0.133 e. The van der Waals surface area contributed by atoms with Crippen molar-refractivity contribution in [1.29, 1.82) is 0 Å². The van der Waals surface area contributed by atoms with Crippen LogP contribution in [-0.2, 0) is 6.54 Å². The van der Waals surface area contributed by atoms with Gasteiger partial charge < -0.3 is 14.8 Å². The Hall–Kier alpha value is -1.10. The van der Waals surface area contributed by atoms with Crippen LogP contribution in [0.25, 0.3) is 0 Å². The normalized spacial score (nSPS) is 12.6. The van der Waals surface area contributed by atoms with E-state index in [1.807, 2.05) is 0 Å². The molecule has 0 fully saturated rings. The number of aliphatic hydroxyl groups excluding tert-OH is 1. The number of halogens is 1. The van der Waals surface area contributed by atoms with Crippen molar-refractivity contribution >= 4 is 15.9 Å². The molecule has 0 saturated carbocycles. The largest absolute Gasteiger partial charge is 0.467 e. The Kier molecular flexibility index (Phi) is 4.58. The lowest BCUT2D eigenvalue weighted by molar-refractivity contribution is 0.147. The molecule has 0 aliphatic carbocycles. The van der Waals surface area contributed by atoms with E-state index in [-0.39, 0.29) is 0 Å². The van der Waals surface area contributed by atoms with Crippen molar-refractivity contribution in [3.8, 4) is 0 Å². The van der Waals surface area contributed by atoms with Crippen molar-refractivity contribution < 1.29 is 9.52 Å². The highest BCUT2D eigenvalue weighted by Crippen LogP contribution is 2.18. The second-order valence-electron chi connectivity index (χ2n) is 4.26. The van der Waals surface area contributed by atoms with Crippen molar-refractivity contribution in [2.75, 3.05) is 6.54 Å². The summed E-state index contributed by atoms with van der Waals surface area (Å²) in [5.41, 5.74) is 2.40. The van der Waals surface area contributed by atoms with E-state index in [9.17, 15) is 5.11 Å². The number of aryl methyl sites for hydroxylation is 1. The number of benzene rings is 1. The number of hydrogen-bond donors (Lipinski definition) is 2. The zero-order valence-electron chi connectivity index (χ0n) is 10.2. The topological polar surface area (TPSA) is 45.4 Å². The standard InChI is InChI=1S/C14H16BrNO2/c1-10-4-5-11(12(15)7-10)8-16-9-13(17)14-3-2-6-18-14/h2-7,13,16-17H,8-9H2,1H3. The van der Waals surface area contributed by atoms with Gasteiger partial charge in [0.05, 0.1) is 6.26 Å². The predicted molar refractivity (Wildman–Crippen MR) is 74.3 cm³/mol. The Balaban J connectivity index is 1.85. The summed E-state index contributed by atoms with van der Waals surface area (Å²) in [6.07, 6.45) is 0.957. The molecule has 2 aromatic rings. The van der Waals surface area contributed by atoms with Crippen molar-refractivity contribution in [2.45, 2.75) is 19.6 Å². The zero-order chi connectivity index (χ0) is 13.0. The molecule has 1 aromatic carbocycles. The molecular formula is C14H16BrNO2. The molecule has 0 bridgehead atoms. The van der Waals surface area contributed by atoms with Gasteiger partial charge in [-0.1, -0.05) is 28.1 Å². The lowest BCUT2D eigenvalue weighted by Gasteiger charge is -2.10. The molecule has 0 aliphatic heterocycles. The maximum atomic E-state index is 9.83. The third kappa shape index (κ3) is 3.45. The first kappa shape index (κ1) is 13.3. The summed E-state index contributed by atoms with van der Waals surface area (Å²) >= 11 is 3.53. The van der Waals surface area contributed by atoms with Crippen LogP contribution in [0.3, 0.4) is 0 Å². The van der Waals surface area contributed by atoms with Crippen LogP contribution in [0.4, 0.5) is 0 Å². The van der Waals surface area contributed by atoms with Gasteiger partial charge in [-0.2, -0.15) is 0 Å². The van der Waals surface area contributed by atoms with E-state index < -0.39 is 6.10 Å². The van der Waals surface area contributed by atoms with E-state index in [0.717, 1.165) is 4.47 Å². The second kappa shape index (κ2) is 6.18. The Morgan fingerprint density at radius 1 is 1.39 bits per heavy atom. The van der Waals surface area contributed by atoms with E-state index in [1.54, 1.807) is 18.4 Å². The maximum absolute atomic E-state index is 9.83. The summed E-state index contributed by atoms with van der Waals surface area (Å²) in [6.45, 7) is 3.23. The molecule has 4 heteroatoms. The number of hydrogen-bond acceptors (Lipinski definition) is 3. The second-order valence-corrected chi connectivity index (χ2v) is 5.11. The van der Waals surface area contributed by atoms with Gasteiger partial charge in [-0.3, -0.25) is 0 Å². The first-order valence-electron chi connectivity index (χ1n) is 5.84. The quantitative estimate of drug-likeness (QED) is 0.891. The fourth-order valence-electron chi connectivity index (χ4n) is 1.72. The highest BCUT2D eigenvalue weighted by atomic mass is 79.9. The highest BCUT2D eigenvalue weighted by molar-refractivity contribution is 9.10. The van der Waals surface area contributed by atoms with Gasteiger partial charge in [-0.25, -0.2) is 0 Å². The molecule has 96 valence electrons. The van der Waals surface area contributed by atoms with Gasteiger partial charge in [0.25, 0.3) is 0 Å². The summed E-state index contributed by atoms with van der Waals surface area (Å²) in [6, 6.07) is 9.78. The molecule has 2 N–H and O–H groups in total. The average molecular weight is 310 g/mol. The molecule has 1 heterocycles. The van der Waals surface area contributed by atoms with Crippen LogP contribution in [-0.4, -0.2) is 11.7 Å². The number of rotatable bonds is 5. The van der Waals surface area contributed by atoms with Crippen LogP contribution in [0.15, 0.2) is 45.5 Å². The molecule has 0 spiro atoms. The van der Waals surface area contributed by atoms with Crippen LogP contribution in [0.1, 0.15) is 23.0 Å². The molecule has 1 atom stereocenters. The smallest absolute Gasteiger partial charge is 0.133 e. The van der Waals surface area contributed by atoms with Gasteiger partial charge in [0, 0.05) is 17.6 Å². The summed E-state index contributed by atoms with van der Waals surface area (Å²) in [5.74, 6) is 0.588. The first-order chi connectivity index (χ1) is 8.66. The summed E-state index contributed by atoms with van der Waals surface area (Å²) in [4.78, 5) is 0. The molecule has 0 radical (unpaired) electrons. The van der Waals surface area contributed by atoms with Gasteiger partial charge in [0.15, 0.2) is 0 Å². The Morgan fingerprint density at radius 2 is 2.22 bits per heavy atom. The van der Waals surface area contributed by atoms with E-state index in [2.05, 4.69) is 46.4 Å². The molecule has 1 unspecified atom stereocenters. The Labute approximate surface area is 115 Å². The van der Waals surface area contributed by atoms with Crippen molar-refractivity contribution in [3.05, 3.63) is 58.0 Å². The third-order valence-corrected chi connectivity index (χ3v) is 3.47. The van der Waals surface area contributed by atoms with E-state index >= 15 is 0 Å². The first-order valence-corrected chi connectivity index (χ1v) is 6.63. The van der Waals surface area contributed by atoms with Gasteiger partial charge in [0.2, 0.25) is 0 Å². The van der Waals surface area contributed by atoms with Crippen molar-refractivity contribution in [2.24, 2.45) is 0 Å². The minimum absolute atomic E-state index is 0.466. The number of nitrogens with one attached hydrogen (secondary N) is 1. The Bertz CT molecular complexity index is 497. The SMILES string of the molecule is Cc1ccc(CNCC(O)c2ccco2)c(Br)c1. The summed E-state index contributed by atoms with van der Waals surface area (Å²) < 4.78 is 6.22. The van der Waals surface area contributed by atoms with Crippen molar-refractivity contribution in [1.82, 2.24) is 5.32 Å². The van der Waals surface area contributed by atoms with E-state index in [0.29, 0.717) is 18.8 Å². The van der Waals surface area contributed by atoms with Gasteiger partial charge in [0.1, 0.15) is 11.9 Å². The fourth-order valence-corrected chi connectivity index (χ4v) is 2.35. The zero-order valence-corrected chi connectivity index (χ0v) is 11.8. The minimum atomic E-state index is -0.607. The monoisotopic (exact) mass is 309 g/mol. The molecule has 0 amide bonds. The molecule has 18 heavy (non-hydrogen) atoms. The molecule has 0 aliphatic rings. The molecule has 1 aromatic heterocycles. The van der Waals surface area contributed by atoms with E-state index in [1.165, 1.54) is 11.1 Å². The lowest BCUT2D eigenvalue weighted by atomic mass is 10.1.